The normalized spacial score (nSPS) is 20.8. The van der Waals surface area contributed by atoms with Crippen LogP contribution in [0.2, 0.25) is 0 Å². The van der Waals surface area contributed by atoms with E-state index in [1.165, 1.54) is 11.1 Å². The van der Waals surface area contributed by atoms with Crippen LogP contribution in [0.1, 0.15) is 57.3 Å². The van der Waals surface area contributed by atoms with E-state index in [0.29, 0.717) is 19.8 Å². The summed E-state index contributed by atoms with van der Waals surface area (Å²) < 4.78 is 39.4. The molecule has 1 N–H and O–H groups in total. The molecule has 1 fully saturated rings. The fraction of sp³-hybridized carbons (Fsp3) is 0.347. The number of methoxy groups -OCH3 is 1. The Morgan fingerprint density at radius 1 is 0.679 bits per heavy atom. The molecule has 0 unspecified atom stereocenters. The van der Waals surface area contributed by atoms with Crippen molar-refractivity contribution in [1.82, 2.24) is 0 Å². The van der Waals surface area contributed by atoms with Gasteiger partial charge in [0.1, 0.15) is 24.4 Å². The summed E-state index contributed by atoms with van der Waals surface area (Å²) in [6, 6.07) is 45.3. The minimum atomic E-state index is -1.45. The van der Waals surface area contributed by atoms with Gasteiger partial charge in [0.05, 0.1) is 33.0 Å². The molecule has 0 amide bonds. The summed E-state index contributed by atoms with van der Waals surface area (Å²) in [5, 5.41) is 11.0. The van der Waals surface area contributed by atoms with Crippen molar-refractivity contribution in [3.63, 3.8) is 0 Å². The van der Waals surface area contributed by atoms with E-state index in [9.17, 15) is 5.11 Å². The van der Waals surface area contributed by atoms with Crippen LogP contribution in [0.25, 0.3) is 0 Å². The molecular weight excluding hydrogens is 701 g/mol. The maximum absolute atomic E-state index is 11.0. The second kappa shape index (κ2) is 21.2. The standard InChI is InChI=1S/C49H56O7/c1-4-29-52-30-15-14-16-38-24-26-39(27-25-38)31-43-32-44(28-23-37(43)2)49(51-3)48(55-36-42-21-12-7-13-22-42)47(54-35-41-19-10-6-11-20-41)46(45(33-50)56-49)53-34-40-17-8-5-9-18-40/h4-13,17-28,32,45-48,50H,1,14-16,29-31,33-36H2,2-3H3/t45-,46-,47+,48-,49+/m1/s1. The minimum absolute atomic E-state index is 0.285. The summed E-state index contributed by atoms with van der Waals surface area (Å²) >= 11 is 0. The molecule has 1 aliphatic heterocycles. The Balaban J connectivity index is 1.32. The van der Waals surface area contributed by atoms with Crippen LogP contribution in [0.5, 0.6) is 0 Å². The highest BCUT2D eigenvalue weighted by Crippen LogP contribution is 2.44. The van der Waals surface area contributed by atoms with Crippen molar-refractivity contribution >= 4 is 0 Å². The third-order valence-corrected chi connectivity index (χ3v) is 10.4. The molecule has 56 heavy (non-hydrogen) atoms. The zero-order valence-corrected chi connectivity index (χ0v) is 32.8. The molecule has 5 atom stereocenters. The van der Waals surface area contributed by atoms with Gasteiger partial charge in [0.2, 0.25) is 5.79 Å². The highest BCUT2D eigenvalue weighted by Gasteiger charge is 2.58. The van der Waals surface area contributed by atoms with Crippen molar-refractivity contribution in [2.24, 2.45) is 0 Å². The maximum Gasteiger partial charge on any atom is 0.225 e. The fourth-order valence-corrected chi connectivity index (χ4v) is 7.32. The van der Waals surface area contributed by atoms with Crippen molar-refractivity contribution < 1.29 is 33.5 Å². The molecule has 0 aliphatic carbocycles. The number of aryl methyl sites for hydroxylation is 2. The number of ether oxygens (including phenoxy) is 6. The van der Waals surface area contributed by atoms with E-state index < -0.39 is 30.2 Å². The van der Waals surface area contributed by atoms with Gasteiger partial charge in [-0.15, -0.1) is 6.58 Å². The summed E-state index contributed by atoms with van der Waals surface area (Å²) in [4.78, 5) is 0. The second-order valence-corrected chi connectivity index (χ2v) is 14.4. The summed E-state index contributed by atoms with van der Waals surface area (Å²) in [5.74, 6) is -1.45. The lowest BCUT2D eigenvalue weighted by molar-refractivity contribution is -0.384. The zero-order valence-electron chi connectivity index (χ0n) is 32.8. The van der Waals surface area contributed by atoms with Crippen LogP contribution in [0, 0.1) is 6.92 Å². The van der Waals surface area contributed by atoms with E-state index in [0.717, 1.165) is 65.7 Å². The predicted molar refractivity (Wildman–Crippen MR) is 220 cm³/mol. The number of benzene rings is 5. The van der Waals surface area contributed by atoms with Gasteiger partial charge in [-0.3, -0.25) is 0 Å². The molecule has 0 bridgehead atoms. The van der Waals surface area contributed by atoms with Gasteiger partial charge in [-0.05, 0) is 77.6 Å². The van der Waals surface area contributed by atoms with Gasteiger partial charge in [-0.25, -0.2) is 0 Å². The quantitative estimate of drug-likeness (QED) is 0.0592. The highest BCUT2D eigenvalue weighted by molar-refractivity contribution is 5.39. The van der Waals surface area contributed by atoms with Crippen molar-refractivity contribution in [2.75, 3.05) is 26.9 Å². The third-order valence-electron chi connectivity index (χ3n) is 10.4. The van der Waals surface area contributed by atoms with Crippen LogP contribution in [0.3, 0.4) is 0 Å². The lowest BCUT2D eigenvalue weighted by Gasteiger charge is -2.52. The molecule has 0 aromatic heterocycles. The second-order valence-electron chi connectivity index (χ2n) is 14.4. The molecule has 0 spiro atoms. The van der Waals surface area contributed by atoms with Crippen molar-refractivity contribution in [1.29, 1.82) is 0 Å². The van der Waals surface area contributed by atoms with Gasteiger partial charge in [0, 0.05) is 19.3 Å². The largest absolute Gasteiger partial charge is 0.394 e. The predicted octanol–water partition coefficient (Wildman–Crippen LogP) is 9.06. The van der Waals surface area contributed by atoms with Crippen molar-refractivity contribution in [2.45, 2.75) is 82.6 Å². The topological polar surface area (TPSA) is 75.6 Å². The van der Waals surface area contributed by atoms with E-state index >= 15 is 0 Å². The maximum atomic E-state index is 11.0. The van der Waals surface area contributed by atoms with Crippen LogP contribution in [-0.4, -0.2) is 56.5 Å². The average molecular weight is 757 g/mol. The molecule has 1 saturated heterocycles. The number of hydrogen-bond donors (Lipinski definition) is 1. The van der Waals surface area contributed by atoms with Crippen LogP contribution in [0.4, 0.5) is 0 Å². The highest BCUT2D eigenvalue weighted by atomic mass is 16.7. The summed E-state index contributed by atoms with van der Waals surface area (Å²) in [6.45, 7) is 7.77. The summed E-state index contributed by atoms with van der Waals surface area (Å²) in [5.41, 5.74) is 8.61. The number of hydrogen-bond acceptors (Lipinski definition) is 7. The van der Waals surface area contributed by atoms with Crippen LogP contribution < -0.4 is 0 Å². The van der Waals surface area contributed by atoms with Crippen molar-refractivity contribution in [3.05, 3.63) is 191 Å². The minimum Gasteiger partial charge on any atom is -0.394 e. The molecule has 7 heteroatoms. The van der Waals surface area contributed by atoms with Gasteiger partial charge in [-0.2, -0.15) is 0 Å². The van der Waals surface area contributed by atoms with Crippen LogP contribution in [0.15, 0.2) is 146 Å². The molecule has 7 nitrogen and oxygen atoms in total. The zero-order chi connectivity index (χ0) is 39.0. The Morgan fingerprint density at radius 2 is 1.25 bits per heavy atom. The smallest absolute Gasteiger partial charge is 0.225 e. The lowest BCUT2D eigenvalue weighted by Crippen LogP contribution is -2.66. The van der Waals surface area contributed by atoms with Crippen LogP contribution in [-0.2, 0) is 66.9 Å². The van der Waals surface area contributed by atoms with Crippen molar-refractivity contribution in [3.8, 4) is 0 Å². The first kappa shape index (κ1) is 41.2. The molecule has 1 aliphatic rings. The number of aliphatic hydroxyl groups excluding tert-OH is 1. The Labute approximate surface area is 332 Å². The first-order valence-electron chi connectivity index (χ1n) is 19.7. The number of aliphatic hydroxyl groups is 1. The molecule has 6 rings (SSSR count). The molecule has 0 radical (unpaired) electrons. The molecule has 294 valence electrons. The molecular formula is C49H56O7. The van der Waals surface area contributed by atoms with Gasteiger partial charge >= 0.3 is 0 Å². The average Bonchev–Trinajstić information content (AvgIpc) is 3.25. The molecule has 5 aromatic carbocycles. The van der Waals surface area contributed by atoms with Crippen LogP contribution >= 0.6 is 0 Å². The van der Waals surface area contributed by atoms with Gasteiger partial charge in [0.25, 0.3) is 0 Å². The van der Waals surface area contributed by atoms with Gasteiger partial charge < -0.3 is 33.5 Å². The van der Waals surface area contributed by atoms with Gasteiger partial charge in [0.15, 0.2) is 0 Å². The fourth-order valence-electron chi connectivity index (χ4n) is 7.32. The lowest BCUT2D eigenvalue weighted by atomic mass is 9.85. The number of rotatable bonds is 21. The van der Waals surface area contributed by atoms with E-state index in [-0.39, 0.29) is 13.2 Å². The first-order valence-corrected chi connectivity index (χ1v) is 19.7. The molecule has 0 saturated carbocycles. The number of unbranched alkanes of at least 4 members (excludes halogenated alkanes) is 1. The summed E-state index contributed by atoms with van der Waals surface area (Å²) in [6.07, 6.45) is 2.66. The SMILES string of the molecule is C=CCOCCCCc1ccc(Cc2cc([C@]3(OC)O[C@H](CO)[C@@H](OCc4ccccc4)[C@H](OCc4ccccc4)[C@H]3OCc3ccccc3)ccc2C)cc1. The van der Waals surface area contributed by atoms with E-state index in [1.807, 2.05) is 97.1 Å². The van der Waals surface area contributed by atoms with E-state index in [1.54, 1.807) is 13.2 Å². The Morgan fingerprint density at radius 3 is 1.82 bits per heavy atom. The Kier molecular flexibility index (Phi) is 15.6. The Hall–Kier alpha value is -4.44. The Bertz CT molecular complexity index is 1880. The van der Waals surface area contributed by atoms with E-state index in [2.05, 4.69) is 49.9 Å². The third kappa shape index (κ3) is 10.9. The first-order chi connectivity index (χ1) is 27.5. The summed E-state index contributed by atoms with van der Waals surface area (Å²) in [7, 11) is 1.64. The van der Waals surface area contributed by atoms with E-state index in [4.69, 9.17) is 28.4 Å². The van der Waals surface area contributed by atoms with Gasteiger partial charge in [-0.1, -0.05) is 133 Å². The monoisotopic (exact) mass is 756 g/mol. The molecule has 1 heterocycles. The molecule has 5 aromatic rings.